The number of methoxy groups -OCH3 is 1. The van der Waals surface area contributed by atoms with Crippen LogP contribution in [0, 0.1) is 5.92 Å². The molecule has 1 atom stereocenters. The number of amides is 1. The van der Waals surface area contributed by atoms with Crippen LogP contribution in [0.25, 0.3) is 0 Å². The van der Waals surface area contributed by atoms with Gasteiger partial charge in [-0.1, -0.05) is 18.2 Å². The van der Waals surface area contributed by atoms with Crippen LogP contribution in [0.3, 0.4) is 0 Å². The molecule has 0 bridgehead atoms. The second kappa shape index (κ2) is 8.79. The monoisotopic (exact) mass is 318 g/mol. The highest BCUT2D eigenvalue weighted by molar-refractivity contribution is 6.07. The molecule has 0 radical (unpaired) electrons. The van der Waals surface area contributed by atoms with Gasteiger partial charge in [-0.05, 0) is 38.3 Å². The second-order valence-corrected chi connectivity index (χ2v) is 6.11. The Labute approximate surface area is 138 Å². The van der Waals surface area contributed by atoms with E-state index in [1.807, 2.05) is 0 Å². The molecule has 0 saturated carbocycles. The zero-order valence-corrected chi connectivity index (χ0v) is 14.0. The Hall–Kier alpha value is -1.72. The number of likely N-dealkylation sites (tertiary alicyclic amines) is 1. The maximum absolute atomic E-state index is 12.4. The lowest BCUT2D eigenvalue weighted by Gasteiger charge is -2.32. The Morgan fingerprint density at radius 1 is 1.30 bits per heavy atom. The van der Waals surface area contributed by atoms with Crippen molar-refractivity contribution in [2.45, 2.75) is 19.8 Å². The summed E-state index contributed by atoms with van der Waals surface area (Å²) in [5.74, 6) is 0.206. The molecule has 1 aliphatic heterocycles. The van der Waals surface area contributed by atoms with E-state index in [2.05, 4.69) is 10.2 Å². The summed E-state index contributed by atoms with van der Waals surface area (Å²) >= 11 is 0. The molecule has 5 nitrogen and oxygen atoms in total. The maximum Gasteiger partial charge on any atom is 0.252 e. The van der Waals surface area contributed by atoms with Crippen LogP contribution in [0.5, 0.6) is 0 Å². The normalized spacial score (nSPS) is 18.6. The Balaban J connectivity index is 1.88. The Kier molecular flexibility index (Phi) is 6.74. The molecule has 0 spiro atoms. The Morgan fingerprint density at radius 3 is 2.74 bits per heavy atom. The van der Waals surface area contributed by atoms with Gasteiger partial charge in [0.25, 0.3) is 5.91 Å². The van der Waals surface area contributed by atoms with Crippen molar-refractivity contribution >= 4 is 11.7 Å². The minimum atomic E-state index is -0.162. The number of nitrogens with zero attached hydrogens (tertiary/aromatic N) is 1. The van der Waals surface area contributed by atoms with Gasteiger partial charge in [-0.2, -0.15) is 0 Å². The summed E-state index contributed by atoms with van der Waals surface area (Å²) in [5.41, 5.74) is 0.947. The first-order valence-electron chi connectivity index (χ1n) is 8.21. The van der Waals surface area contributed by atoms with E-state index in [0.717, 1.165) is 39.1 Å². The fourth-order valence-corrected chi connectivity index (χ4v) is 3.06. The maximum atomic E-state index is 12.4. The number of ketones is 1. The lowest BCUT2D eigenvalue weighted by atomic mass is 9.97. The molecule has 1 aliphatic rings. The number of carbonyl (C=O) groups excluding carboxylic acids is 2. The highest BCUT2D eigenvalue weighted by Crippen LogP contribution is 2.16. The zero-order chi connectivity index (χ0) is 16.7. The Bertz CT molecular complexity index is 545. The third-order valence-corrected chi connectivity index (χ3v) is 4.32. The van der Waals surface area contributed by atoms with Gasteiger partial charge in [0.2, 0.25) is 0 Å². The molecule has 23 heavy (non-hydrogen) atoms. The smallest absolute Gasteiger partial charge is 0.252 e. The first-order valence-corrected chi connectivity index (χ1v) is 8.21. The quantitative estimate of drug-likeness (QED) is 0.781. The molecule has 0 aliphatic carbocycles. The van der Waals surface area contributed by atoms with Crippen molar-refractivity contribution in [2.75, 3.05) is 39.9 Å². The summed E-state index contributed by atoms with van der Waals surface area (Å²) in [5, 5.41) is 2.99. The second-order valence-electron chi connectivity index (χ2n) is 6.11. The average molecular weight is 318 g/mol. The predicted octanol–water partition coefficient (Wildman–Crippen LogP) is 1.98. The van der Waals surface area contributed by atoms with Gasteiger partial charge in [-0.15, -0.1) is 0 Å². The lowest BCUT2D eigenvalue weighted by molar-refractivity contribution is 0.0904. The van der Waals surface area contributed by atoms with E-state index < -0.39 is 0 Å². The van der Waals surface area contributed by atoms with Crippen LogP contribution in [-0.2, 0) is 4.74 Å². The van der Waals surface area contributed by atoms with Crippen LogP contribution in [0.15, 0.2) is 24.3 Å². The first kappa shape index (κ1) is 17.6. The molecule has 126 valence electrons. The summed E-state index contributed by atoms with van der Waals surface area (Å²) in [6.45, 7) is 5.90. The molecule has 1 saturated heterocycles. The van der Waals surface area contributed by atoms with Gasteiger partial charge < -0.3 is 15.0 Å². The largest absolute Gasteiger partial charge is 0.383 e. The van der Waals surface area contributed by atoms with Crippen molar-refractivity contribution in [2.24, 2.45) is 5.92 Å². The van der Waals surface area contributed by atoms with Crippen molar-refractivity contribution in [1.29, 1.82) is 0 Å². The van der Waals surface area contributed by atoms with Crippen LogP contribution in [0.4, 0.5) is 0 Å². The van der Waals surface area contributed by atoms with E-state index in [-0.39, 0.29) is 11.7 Å². The highest BCUT2D eigenvalue weighted by Gasteiger charge is 2.21. The molecule has 0 aromatic heterocycles. The van der Waals surface area contributed by atoms with Crippen LogP contribution in [0.1, 0.15) is 40.5 Å². The van der Waals surface area contributed by atoms with Crippen molar-refractivity contribution in [3.8, 4) is 0 Å². The van der Waals surface area contributed by atoms with Crippen LogP contribution < -0.4 is 5.32 Å². The summed E-state index contributed by atoms with van der Waals surface area (Å²) in [6.07, 6.45) is 2.27. The van der Waals surface area contributed by atoms with Crippen molar-refractivity contribution in [3.05, 3.63) is 35.4 Å². The van der Waals surface area contributed by atoms with Gasteiger partial charge in [0.1, 0.15) is 0 Å². The van der Waals surface area contributed by atoms with Crippen molar-refractivity contribution in [1.82, 2.24) is 10.2 Å². The van der Waals surface area contributed by atoms with E-state index >= 15 is 0 Å². The molecule has 1 fully saturated rings. The third-order valence-electron chi connectivity index (χ3n) is 4.32. The van der Waals surface area contributed by atoms with Crippen LogP contribution in [-0.4, -0.2) is 56.5 Å². The van der Waals surface area contributed by atoms with Gasteiger partial charge in [0.05, 0.1) is 12.2 Å². The molecular weight excluding hydrogens is 292 g/mol. The number of benzene rings is 1. The molecule has 1 heterocycles. The van der Waals surface area contributed by atoms with Gasteiger partial charge in [0.15, 0.2) is 5.78 Å². The number of nitrogens with one attached hydrogen (secondary N) is 1. The van der Waals surface area contributed by atoms with E-state index in [1.165, 1.54) is 6.92 Å². The van der Waals surface area contributed by atoms with E-state index in [4.69, 9.17) is 4.74 Å². The topological polar surface area (TPSA) is 58.6 Å². The van der Waals surface area contributed by atoms with E-state index in [1.54, 1.807) is 31.4 Å². The lowest BCUT2D eigenvalue weighted by Crippen LogP contribution is -2.42. The molecule has 1 aromatic rings. The number of piperidine rings is 1. The summed E-state index contributed by atoms with van der Waals surface area (Å²) < 4.78 is 5.13. The number of hydrogen-bond donors (Lipinski definition) is 1. The fraction of sp³-hybridized carbons (Fsp3) is 0.556. The summed E-state index contributed by atoms with van der Waals surface area (Å²) in [4.78, 5) is 26.4. The Morgan fingerprint density at radius 2 is 2.04 bits per heavy atom. The van der Waals surface area contributed by atoms with Gasteiger partial charge in [-0.25, -0.2) is 0 Å². The van der Waals surface area contributed by atoms with Gasteiger partial charge in [-0.3, -0.25) is 9.59 Å². The van der Waals surface area contributed by atoms with Crippen LogP contribution >= 0.6 is 0 Å². The number of ether oxygens (including phenoxy) is 1. The third kappa shape index (κ3) is 5.15. The number of carbonyl (C=O) groups is 2. The first-order chi connectivity index (χ1) is 11.1. The van der Waals surface area contributed by atoms with Gasteiger partial charge in [0, 0.05) is 32.3 Å². The summed E-state index contributed by atoms with van der Waals surface area (Å²) in [6, 6.07) is 6.97. The molecule has 5 heteroatoms. The SMILES string of the molecule is COCCN1CCCC(CNC(=O)c2ccccc2C(C)=O)C1. The molecule has 1 N–H and O–H groups in total. The van der Waals surface area contributed by atoms with E-state index in [9.17, 15) is 9.59 Å². The fourth-order valence-electron chi connectivity index (χ4n) is 3.06. The van der Waals surface area contributed by atoms with Crippen molar-refractivity contribution < 1.29 is 14.3 Å². The zero-order valence-electron chi connectivity index (χ0n) is 14.0. The van der Waals surface area contributed by atoms with Gasteiger partial charge >= 0.3 is 0 Å². The minimum absolute atomic E-state index is 0.0841. The molecular formula is C18H26N2O3. The van der Waals surface area contributed by atoms with Crippen LogP contribution in [0.2, 0.25) is 0 Å². The van der Waals surface area contributed by atoms with E-state index in [0.29, 0.717) is 23.6 Å². The standard InChI is InChI=1S/C18H26N2O3/c1-14(21)16-7-3-4-8-17(16)18(22)19-12-15-6-5-9-20(13-15)10-11-23-2/h3-4,7-8,15H,5-6,9-13H2,1-2H3,(H,19,22). The molecule has 1 unspecified atom stereocenters. The summed E-state index contributed by atoms with van der Waals surface area (Å²) in [7, 11) is 1.72. The minimum Gasteiger partial charge on any atom is -0.383 e. The number of Topliss-reactive ketones (excluding diaryl/α,β-unsaturated/α-hetero) is 1. The number of hydrogen-bond acceptors (Lipinski definition) is 4. The highest BCUT2D eigenvalue weighted by atomic mass is 16.5. The van der Waals surface area contributed by atoms with Crippen molar-refractivity contribution in [3.63, 3.8) is 0 Å². The molecule has 1 aromatic carbocycles. The molecule has 2 rings (SSSR count). The number of rotatable bonds is 7. The average Bonchev–Trinajstić information content (AvgIpc) is 2.58. The molecule has 1 amide bonds. The predicted molar refractivity (Wildman–Crippen MR) is 89.8 cm³/mol.